The van der Waals surface area contributed by atoms with Crippen LogP contribution in [-0.2, 0) is 9.59 Å². The van der Waals surface area contributed by atoms with Crippen molar-refractivity contribution in [1.82, 2.24) is 5.32 Å². The predicted octanol–water partition coefficient (Wildman–Crippen LogP) is 3.04. The molecule has 6 nitrogen and oxygen atoms in total. The third-order valence-electron chi connectivity index (χ3n) is 5.78. The van der Waals surface area contributed by atoms with Crippen LogP contribution in [0, 0.1) is 5.92 Å². The first-order valence-corrected chi connectivity index (χ1v) is 10.2. The van der Waals surface area contributed by atoms with Gasteiger partial charge in [-0.25, -0.2) is 0 Å². The number of anilines is 1. The molecule has 6 heteroatoms. The lowest BCUT2D eigenvalue weighted by Gasteiger charge is -2.23. The van der Waals surface area contributed by atoms with Crippen molar-refractivity contribution in [2.75, 3.05) is 24.7 Å². The SMILES string of the molecule is O=C(NC1CCCCCCC1)[C@H]1CC(=O)N(c2ccc3c(c2)OCCO3)C1. The molecule has 1 aromatic rings. The Balaban J connectivity index is 1.39. The molecular formula is C21H28N2O4. The number of carbonyl (C=O) groups excluding carboxylic acids is 2. The summed E-state index contributed by atoms with van der Waals surface area (Å²) in [6.07, 6.45) is 8.56. The minimum absolute atomic E-state index is 0.00973. The third-order valence-corrected chi connectivity index (χ3v) is 5.78. The zero-order chi connectivity index (χ0) is 18.6. The monoisotopic (exact) mass is 372 g/mol. The van der Waals surface area contributed by atoms with Gasteiger partial charge in [0.15, 0.2) is 11.5 Å². The molecule has 27 heavy (non-hydrogen) atoms. The maximum absolute atomic E-state index is 12.7. The molecule has 2 amide bonds. The number of hydrogen-bond donors (Lipinski definition) is 1. The third kappa shape index (κ3) is 4.20. The zero-order valence-electron chi connectivity index (χ0n) is 15.7. The van der Waals surface area contributed by atoms with Crippen molar-refractivity contribution in [3.05, 3.63) is 18.2 Å². The molecule has 2 fully saturated rings. The summed E-state index contributed by atoms with van der Waals surface area (Å²) in [7, 11) is 0. The van der Waals surface area contributed by atoms with Crippen molar-refractivity contribution in [1.29, 1.82) is 0 Å². The molecule has 1 atom stereocenters. The molecule has 0 bridgehead atoms. The Bertz CT molecular complexity index is 697. The van der Waals surface area contributed by atoms with Gasteiger partial charge in [-0.05, 0) is 25.0 Å². The van der Waals surface area contributed by atoms with Crippen LogP contribution in [-0.4, -0.2) is 37.6 Å². The van der Waals surface area contributed by atoms with E-state index in [9.17, 15) is 9.59 Å². The van der Waals surface area contributed by atoms with Gasteiger partial charge in [0.2, 0.25) is 11.8 Å². The van der Waals surface area contributed by atoms with Crippen LogP contribution in [0.3, 0.4) is 0 Å². The molecule has 1 saturated carbocycles. The van der Waals surface area contributed by atoms with Gasteiger partial charge >= 0.3 is 0 Å². The molecule has 0 radical (unpaired) electrons. The van der Waals surface area contributed by atoms with Crippen molar-refractivity contribution in [3.8, 4) is 11.5 Å². The van der Waals surface area contributed by atoms with Gasteiger partial charge in [-0.3, -0.25) is 9.59 Å². The zero-order valence-corrected chi connectivity index (χ0v) is 15.7. The van der Waals surface area contributed by atoms with Crippen LogP contribution in [0.5, 0.6) is 11.5 Å². The highest BCUT2D eigenvalue weighted by molar-refractivity contribution is 6.00. The van der Waals surface area contributed by atoms with Crippen LogP contribution in [0.15, 0.2) is 18.2 Å². The maximum Gasteiger partial charge on any atom is 0.227 e. The van der Waals surface area contributed by atoms with Crippen LogP contribution in [0.4, 0.5) is 5.69 Å². The van der Waals surface area contributed by atoms with E-state index in [1.54, 1.807) is 4.90 Å². The Kier molecular flexibility index (Phi) is 5.50. The van der Waals surface area contributed by atoms with Crippen molar-refractivity contribution in [2.45, 2.75) is 57.4 Å². The normalized spacial score (nSPS) is 23.6. The number of benzene rings is 1. The van der Waals surface area contributed by atoms with Gasteiger partial charge in [0, 0.05) is 30.8 Å². The largest absolute Gasteiger partial charge is 0.486 e. The van der Waals surface area contributed by atoms with Gasteiger partial charge in [0.1, 0.15) is 13.2 Å². The number of carbonyl (C=O) groups is 2. The number of hydrogen-bond acceptors (Lipinski definition) is 4. The second-order valence-corrected chi connectivity index (χ2v) is 7.78. The summed E-state index contributed by atoms with van der Waals surface area (Å²) >= 11 is 0. The van der Waals surface area contributed by atoms with Gasteiger partial charge in [-0.1, -0.05) is 32.1 Å². The smallest absolute Gasteiger partial charge is 0.227 e. The molecule has 1 saturated heterocycles. The van der Waals surface area contributed by atoms with E-state index >= 15 is 0 Å². The summed E-state index contributed by atoms with van der Waals surface area (Å²) in [5, 5.41) is 3.21. The Morgan fingerprint density at radius 2 is 1.70 bits per heavy atom. The average Bonchev–Trinajstić information content (AvgIpc) is 3.05. The summed E-state index contributed by atoms with van der Waals surface area (Å²) < 4.78 is 11.2. The number of nitrogens with zero attached hydrogens (tertiary/aromatic N) is 1. The molecular weight excluding hydrogens is 344 g/mol. The second kappa shape index (κ2) is 8.19. The van der Waals surface area contributed by atoms with Crippen LogP contribution >= 0.6 is 0 Å². The minimum Gasteiger partial charge on any atom is -0.486 e. The minimum atomic E-state index is -0.281. The quantitative estimate of drug-likeness (QED) is 0.886. The summed E-state index contributed by atoms with van der Waals surface area (Å²) in [4.78, 5) is 27.0. The fraction of sp³-hybridized carbons (Fsp3) is 0.619. The molecule has 3 aliphatic rings. The van der Waals surface area contributed by atoms with Crippen LogP contribution < -0.4 is 19.7 Å². The molecule has 0 aromatic heterocycles. The lowest BCUT2D eigenvalue weighted by molar-refractivity contribution is -0.127. The highest BCUT2D eigenvalue weighted by atomic mass is 16.6. The Labute approximate surface area is 160 Å². The first-order chi connectivity index (χ1) is 13.2. The number of ether oxygens (including phenoxy) is 2. The summed E-state index contributed by atoms with van der Waals surface area (Å²) in [6.45, 7) is 1.48. The number of nitrogens with one attached hydrogen (secondary N) is 1. The maximum atomic E-state index is 12.7. The van der Waals surface area contributed by atoms with Gasteiger partial charge in [-0.2, -0.15) is 0 Å². The summed E-state index contributed by atoms with van der Waals surface area (Å²) in [5.74, 6) is 1.10. The molecule has 146 valence electrons. The summed E-state index contributed by atoms with van der Waals surface area (Å²) in [6, 6.07) is 5.79. The lowest BCUT2D eigenvalue weighted by atomic mass is 9.96. The van der Waals surface area contributed by atoms with E-state index in [2.05, 4.69) is 5.32 Å². The second-order valence-electron chi connectivity index (χ2n) is 7.78. The van der Waals surface area contributed by atoms with E-state index in [-0.39, 0.29) is 30.2 Å². The fourth-order valence-electron chi connectivity index (χ4n) is 4.25. The van der Waals surface area contributed by atoms with E-state index in [0.29, 0.717) is 31.3 Å². The van der Waals surface area contributed by atoms with Gasteiger partial charge in [-0.15, -0.1) is 0 Å². The molecule has 4 rings (SSSR count). The van der Waals surface area contributed by atoms with Gasteiger partial charge in [0.25, 0.3) is 0 Å². The van der Waals surface area contributed by atoms with Crippen LogP contribution in [0.1, 0.15) is 51.4 Å². The van der Waals surface area contributed by atoms with Crippen molar-refractivity contribution in [3.63, 3.8) is 0 Å². The first-order valence-electron chi connectivity index (χ1n) is 10.2. The standard InChI is InChI=1S/C21H28N2O4/c24-20-12-15(21(25)22-16-6-4-2-1-3-5-7-16)14-23(20)17-8-9-18-19(13-17)27-11-10-26-18/h8-9,13,15-16H,1-7,10-12,14H2,(H,22,25)/t15-/m0/s1. The van der Waals surface area contributed by atoms with E-state index in [0.717, 1.165) is 18.5 Å². The van der Waals surface area contributed by atoms with E-state index in [1.165, 1.54) is 32.1 Å². The topological polar surface area (TPSA) is 67.9 Å². The molecule has 1 N–H and O–H groups in total. The predicted molar refractivity (Wildman–Crippen MR) is 102 cm³/mol. The highest BCUT2D eigenvalue weighted by Gasteiger charge is 2.36. The number of fused-ring (bicyclic) bond motifs is 1. The Hall–Kier alpha value is -2.24. The van der Waals surface area contributed by atoms with Crippen molar-refractivity contribution >= 4 is 17.5 Å². The van der Waals surface area contributed by atoms with Crippen LogP contribution in [0.25, 0.3) is 0 Å². The van der Waals surface area contributed by atoms with Gasteiger partial charge < -0.3 is 19.7 Å². The van der Waals surface area contributed by atoms with E-state index in [1.807, 2.05) is 18.2 Å². The van der Waals surface area contributed by atoms with Crippen molar-refractivity contribution < 1.29 is 19.1 Å². The van der Waals surface area contributed by atoms with Crippen LogP contribution in [0.2, 0.25) is 0 Å². The highest BCUT2D eigenvalue weighted by Crippen LogP contribution is 2.36. The molecule has 2 heterocycles. The average molecular weight is 372 g/mol. The first kappa shape index (κ1) is 18.1. The molecule has 1 aliphatic carbocycles. The van der Waals surface area contributed by atoms with E-state index in [4.69, 9.17) is 9.47 Å². The fourth-order valence-corrected chi connectivity index (χ4v) is 4.25. The molecule has 0 unspecified atom stereocenters. The molecule has 2 aliphatic heterocycles. The number of amides is 2. The van der Waals surface area contributed by atoms with Crippen molar-refractivity contribution in [2.24, 2.45) is 5.92 Å². The lowest BCUT2D eigenvalue weighted by Crippen LogP contribution is -2.40. The van der Waals surface area contributed by atoms with E-state index < -0.39 is 0 Å². The Morgan fingerprint density at radius 3 is 2.48 bits per heavy atom. The Morgan fingerprint density at radius 1 is 1.00 bits per heavy atom. The molecule has 1 aromatic carbocycles. The number of rotatable bonds is 3. The summed E-state index contributed by atoms with van der Waals surface area (Å²) in [5.41, 5.74) is 0.769. The molecule has 0 spiro atoms. The van der Waals surface area contributed by atoms with Gasteiger partial charge in [0.05, 0.1) is 5.92 Å².